The van der Waals surface area contributed by atoms with Crippen molar-refractivity contribution in [1.82, 2.24) is 5.06 Å². The standard InChI is InChI=1S/C26H30N2O6/c1-14-15-12-17-22-21(26(4,5)9-11-27(22)10-8-25(17,2)3)23(15)33-24(32)16(14)13-20(31)34-28-18(29)6-7-19(28)30/h12H,6-11,13H2,1-5H3. The van der Waals surface area contributed by atoms with Crippen molar-refractivity contribution in [3.8, 4) is 0 Å². The van der Waals surface area contributed by atoms with E-state index >= 15 is 0 Å². The van der Waals surface area contributed by atoms with Gasteiger partial charge in [0.15, 0.2) is 0 Å². The molecule has 3 aliphatic rings. The first kappa shape index (κ1) is 22.6. The summed E-state index contributed by atoms with van der Waals surface area (Å²) in [6.45, 7) is 12.6. The van der Waals surface area contributed by atoms with E-state index in [9.17, 15) is 19.2 Å². The maximum Gasteiger partial charge on any atom is 0.340 e. The van der Waals surface area contributed by atoms with E-state index in [1.165, 1.54) is 11.3 Å². The summed E-state index contributed by atoms with van der Waals surface area (Å²) >= 11 is 0. The Morgan fingerprint density at radius 3 is 2.29 bits per heavy atom. The summed E-state index contributed by atoms with van der Waals surface area (Å²) in [5.41, 5.74) is 4.08. The van der Waals surface area contributed by atoms with E-state index in [-0.39, 0.29) is 35.7 Å². The van der Waals surface area contributed by atoms with E-state index in [1.807, 2.05) is 6.92 Å². The second-order valence-corrected chi connectivity index (χ2v) is 11.0. The van der Waals surface area contributed by atoms with Crippen LogP contribution >= 0.6 is 0 Å². The molecule has 0 bridgehead atoms. The molecule has 180 valence electrons. The van der Waals surface area contributed by atoms with Crippen molar-refractivity contribution >= 4 is 34.4 Å². The van der Waals surface area contributed by atoms with E-state index in [1.54, 1.807) is 0 Å². The molecule has 5 rings (SSSR count). The predicted octanol–water partition coefficient (Wildman–Crippen LogP) is 3.42. The maximum atomic E-state index is 13.1. The van der Waals surface area contributed by atoms with Crippen LogP contribution in [-0.4, -0.2) is 35.9 Å². The fraction of sp³-hybridized carbons (Fsp3) is 0.538. The number of fused-ring (bicyclic) bond motifs is 2. The number of carbonyl (C=O) groups is 3. The molecule has 2 aromatic rings. The second-order valence-electron chi connectivity index (χ2n) is 11.0. The van der Waals surface area contributed by atoms with Gasteiger partial charge in [0.25, 0.3) is 11.8 Å². The second kappa shape index (κ2) is 7.42. The fourth-order valence-corrected chi connectivity index (χ4v) is 5.55. The van der Waals surface area contributed by atoms with Gasteiger partial charge in [-0.25, -0.2) is 9.59 Å². The van der Waals surface area contributed by atoms with Crippen LogP contribution in [0.4, 0.5) is 5.69 Å². The Morgan fingerprint density at radius 2 is 1.65 bits per heavy atom. The highest BCUT2D eigenvalue weighted by molar-refractivity contribution is 6.01. The summed E-state index contributed by atoms with van der Waals surface area (Å²) in [6, 6.07) is 2.11. The lowest BCUT2D eigenvalue weighted by Gasteiger charge is -2.48. The summed E-state index contributed by atoms with van der Waals surface area (Å²) < 4.78 is 5.92. The van der Waals surface area contributed by atoms with Crippen molar-refractivity contribution in [1.29, 1.82) is 0 Å². The Balaban J connectivity index is 1.64. The number of hydrogen-bond donors (Lipinski definition) is 0. The first-order valence-corrected chi connectivity index (χ1v) is 11.9. The summed E-state index contributed by atoms with van der Waals surface area (Å²) in [7, 11) is 0. The van der Waals surface area contributed by atoms with Crippen LogP contribution in [0.5, 0.6) is 0 Å². The van der Waals surface area contributed by atoms with E-state index in [0.717, 1.165) is 36.9 Å². The quantitative estimate of drug-likeness (QED) is 0.505. The lowest BCUT2D eigenvalue weighted by atomic mass is 9.69. The number of anilines is 1. The molecule has 0 radical (unpaired) electrons. The molecule has 1 saturated heterocycles. The zero-order valence-electron chi connectivity index (χ0n) is 20.4. The van der Waals surface area contributed by atoms with Crippen LogP contribution in [0, 0.1) is 6.92 Å². The van der Waals surface area contributed by atoms with Gasteiger partial charge in [0.1, 0.15) is 5.58 Å². The number of aryl methyl sites for hydroxylation is 1. The van der Waals surface area contributed by atoms with E-state index in [2.05, 4.69) is 38.7 Å². The molecular formula is C26H30N2O6. The molecule has 1 aromatic heterocycles. The van der Waals surface area contributed by atoms with Crippen molar-refractivity contribution in [2.75, 3.05) is 18.0 Å². The number of hydroxylamine groups is 2. The molecule has 4 heterocycles. The third-order valence-corrected chi connectivity index (χ3v) is 7.81. The summed E-state index contributed by atoms with van der Waals surface area (Å²) in [4.78, 5) is 56.6. The number of amides is 2. The van der Waals surface area contributed by atoms with Crippen molar-refractivity contribution in [3.63, 3.8) is 0 Å². The largest absolute Gasteiger partial charge is 0.422 e. The Bertz CT molecular complexity index is 1300. The van der Waals surface area contributed by atoms with Gasteiger partial charge in [-0.05, 0) is 47.8 Å². The minimum Gasteiger partial charge on any atom is -0.422 e. The number of carbonyl (C=O) groups excluding carboxylic acids is 3. The van der Waals surface area contributed by atoms with E-state index in [0.29, 0.717) is 16.2 Å². The molecule has 8 nitrogen and oxygen atoms in total. The molecule has 0 unspecified atom stereocenters. The zero-order chi connectivity index (χ0) is 24.6. The number of hydrogen-bond acceptors (Lipinski definition) is 7. The van der Waals surface area contributed by atoms with E-state index in [4.69, 9.17) is 9.25 Å². The molecule has 8 heteroatoms. The minimum absolute atomic E-state index is 0.0136. The van der Waals surface area contributed by atoms with Crippen LogP contribution in [0.1, 0.15) is 75.6 Å². The molecule has 2 amide bonds. The molecule has 0 spiro atoms. The monoisotopic (exact) mass is 466 g/mol. The number of imide groups is 1. The van der Waals surface area contributed by atoms with Gasteiger partial charge >= 0.3 is 11.6 Å². The van der Waals surface area contributed by atoms with Gasteiger partial charge in [-0.2, -0.15) is 0 Å². The normalized spacial score (nSPS) is 20.6. The first-order chi connectivity index (χ1) is 15.9. The Labute approximate surface area is 197 Å². The highest BCUT2D eigenvalue weighted by Gasteiger charge is 2.42. The van der Waals surface area contributed by atoms with Crippen molar-refractivity contribution in [2.24, 2.45) is 0 Å². The lowest BCUT2D eigenvalue weighted by Crippen LogP contribution is -2.44. The average Bonchev–Trinajstić information content (AvgIpc) is 3.06. The van der Waals surface area contributed by atoms with Crippen LogP contribution in [0.25, 0.3) is 11.0 Å². The van der Waals surface area contributed by atoms with Crippen molar-refractivity contribution < 1.29 is 23.6 Å². The Kier molecular flexibility index (Phi) is 4.94. The molecule has 1 aromatic carbocycles. The van der Waals surface area contributed by atoms with Gasteiger partial charge in [0.05, 0.1) is 12.0 Å². The summed E-state index contributed by atoms with van der Waals surface area (Å²) in [5.74, 6) is -1.95. The topological polar surface area (TPSA) is 97.1 Å². The van der Waals surface area contributed by atoms with Crippen molar-refractivity contribution in [2.45, 2.75) is 77.6 Å². The van der Waals surface area contributed by atoms with Gasteiger partial charge in [-0.3, -0.25) is 9.59 Å². The first-order valence-electron chi connectivity index (χ1n) is 11.9. The zero-order valence-corrected chi connectivity index (χ0v) is 20.4. The molecule has 1 fully saturated rings. The van der Waals surface area contributed by atoms with Gasteiger partial charge in [0.2, 0.25) is 0 Å². The predicted molar refractivity (Wildman–Crippen MR) is 126 cm³/mol. The third kappa shape index (κ3) is 3.34. The lowest BCUT2D eigenvalue weighted by molar-refractivity contribution is -0.197. The molecule has 3 aliphatic heterocycles. The SMILES string of the molecule is Cc1c(CC(=O)ON2C(=O)CCC2=O)c(=O)oc2c3c4c(cc12)C(C)(C)CCN4CCC3(C)C. The molecular weight excluding hydrogens is 436 g/mol. The number of rotatable bonds is 3. The highest BCUT2D eigenvalue weighted by atomic mass is 16.7. The Morgan fingerprint density at radius 1 is 1.03 bits per heavy atom. The van der Waals surface area contributed by atoms with Crippen LogP contribution in [0.3, 0.4) is 0 Å². The summed E-state index contributed by atoms with van der Waals surface area (Å²) in [6.07, 6.45) is 1.62. The van der Waals surface area contributed by atoms with Crippen molar-refractivity contribution in [3.05, 3.63) is 38.7 Å². The van der Waals surface area contributed by atoms with E-state index < -0.39 is 23.4 Å². The van der Waals surface area contributed by atoms with Crippen LogP contribution in [0.2, 0.25) is 0 Å². The van der Waals surface area contributed by atoms with Gasteiger partial charge in [-0.15, -0.1) is 5.06 Å². The van der Waals surface area contributed by atoms with Crippen LogP contribution in [-0.2, 0) is 36.5 Å². The van der Waals surface area contributed by atoms with Crippen LogP contribution in [0.15, 0.2) is 15.3 Å². The molecule has 0 aliphatic carbocycles. The summed E-state index contributed by atoms with van der Waals surface area (Å²) in [5, 5.41) is 1.31. The highest BCUT2D eigenvalue weighted by Crippen LogP contribution is 2.52. The number of benzene rings is 1. The van der Waals surface area contributed by atoms with Gasteiger partial charge in [0, 0.05) is 42.6 Å². The molecule has 34 heavy (non-hydrogen) atoms. The molecule has 0 atom stereocenters. The Hall–Kier alpha value is -3.16. The minimum atomic E-state index is -0.843. The van der Waals surface area contributed by atoms with Gasteiger partial charge in [-0.1, -0.05) is 27.7 Å². The maximum absolute atomic E-state index is 13.1. The smallest absolute Gasteiger partial charge is 0.340 e. The average molecular weight is 467 g/mol. The molecule has 0 saturated carbocycles. The number of nitrogens with zero attached hydrogens (tertiary/aromatic N) is 2. The van der Waals surface area contributed by atoms with Crippen LogP contribution < -0.4 is 10.5 Å². The third-order valence-electron chi connectivity index (χ3n) is 7.81. The van der Waals surface area contributed by atoms with Gasteiger partial charge < -0.3 is 14.2 Å². The molecule has 0 N–H and O–H groups in total. The fourth-order valence-electron chi connectivity index (χ4n) is 5.55.